The molecule has 2 aromatic carbocycles. The molecule has 4 rings (SSSR count). The van der Waals surface area contributed by atoms with Crippen molar-refractivity contribution in [3.8, 4) is 11.3 Å². The number of furan rings is 1. The average Bonchev–Trinajstić information content (AvgIpc) is 3.18. The van der Waals surface area contributed by atoms with E-state index in [2.05, 4.69) is 37.2 Å². The van der Waals surface area contributed by atoms with Gasteiger partial charge in [0, 0.05) is 14.5 Å². The van der Waals surface area contributed by atoms with Gasteiger partial charge in [-0.2, -0.15) is 0 Å². The molecule has 1 N–H and O–H groups in total. The topological polar surface area (TPSA) is 79.6 Å². The molecule has 0 spiro atoms. The third-order valence-electron chi connectivity index (χ3n) is 4.62. The number of anilines is 1. The number of carbonyl (C=O) groups is 3. The van der Waals surface area contributed by atoms with Crippen molar-refractivity contribution in [1.29, 1.82) is 0 Å². The number of aryl methyl sites for hydroxylation is 1. The minimum Gasteiger partial charge on any atom is -0.457 e. The number of nitrogens with zero attached hydrogens (tertiary/aromatic N) is 1. The second-order valence-corrected chi connectivity index (χ2v) is 8.84. The lowest BCUT2D eigenvalue weighted by Crippen LogP contribution is -2.54. The number of urea groups is 1. The van der Waals surface area contributed by atoms with Gasteiger partial charge in [0.1, 0.15) is 17.1 Å². The monoisotopic (exact) mass is 562 g/mol. The van der Waals surface area contributed by atoms with Gasteiger partial charge in [0.25, 0.3) is 11.8 Å². The third kappa shape index (κ3) is 4.23. The number of barbiturate groups is 1. The van der Waals surface area contributed by atoms with Gasteiger partial charge < -0.3 is 4.42 Å². The molecule has 0 bridgehead atoms. The number of rotatable bonds is 3. The normalized spacial score (nSPS) is 15.5. The lowest BCUT2D eigenvalue weighted by molar-refractivity contribution is -0.122. The molecule has 9 heteroatoms. The van der Waals surface area contributed by atoms with Crippen LogP contribution in [-0.4, -0.2) is 17.8 Å². The SMILES string of the molecule is Cc1cc(N2C(=O)NC(=O)/C(=C\c3ccc(-c4ccc(Br)c(Cl)c4)o3)C2=O)ccc1Br. The fourth-order valence-corrected chi connectivity index (χ4v) is 3.71. The van der Waals surface area contributed by atoms with Crippen molar-refractivity contribution < 1.29 is 18.8 Å². The molecule has 1 aliphatic heterocycles. The zero-order valence-corrected chi connectivity index (χ0v) is 19.8. The Morgan fingerprint density at radius 3 is 2.45 bits per heavy atom. The maximum absolute atomic E-state index is 13.0. The van der Waals surface area contributed by atoms with Crippen molar-refractivity contribution in [2.45, 2.75) is 6.92 Å². The number of halogens is 3. The highest BCUT2D eigenvalue weighted by Crippen LogP contribution is 2.31. The summed E-state index contributed by atoms with van der Waals surface area (Å²) in [6, 6.07) is 12.9. The van der Waals surface area contributed by atoms with Crippen molar-refractivity contribution in [1.82, 2.24) is 5.32 Å². The number of imide groups is 2. The fraction of sp³-hybridized carbons (Fsp3) is 0.0455. The van der Waals surface area contributed by atoms with Crippen LogP contribution in [0.25, 0.3) is 17.4 Å². The predicted molar refractivity (Wildman–Crippen MR) is 125 cm³/mol. The van der Waals surface area contributed by atoms with E-state index in [1.54, 1.807) is 42.5 Å². The van der Waals surface area contributed by atoms with E-state index in [1.165, 1.54) is 6.08 Å². The van der Waals surface area contributed by atoms with Crippen molar-refractivity contribution in [3.05, 3.63) is 79.4 Å². The second kappa shape index (κ2) is 8.45. The van der Waals surface area contributed by atoms with Gasteiger partial charge in [0.05, 0.1) is 10.7 Å². The van der Waals surface area contributed by atoms with Gasteiger partial charge in [0.2, 0.25) is 0 Å². The van der Waals surface area contributed by atoms with E-state index in [-0.39, 0.29) is 11.3 Å². The van der Waals surface area contributed by atoms with Crippen LogP contribution in [0.4, 0.5) is 10.5 Å². The van der Waals surface area contributed by atoms with Gasteiger partial charge >= 0.3 is 6.03 Å². The Bertz CT molecular complexity index is 1280. The Hall–Kier alpha value is -2.68. The van der Waals surface area contributed by atoms with Crippen LogP contribution >= 0.6 is 43.5 Å². The molecule has 1 aromatic heterocycles. The molecular formula is C22H13Br2ClN2O4. The number of benzene rings is 2. The van der Waals surface area contributed by atoms with E-state index >= 15 is 0 Å². The highest BCUT2D eigenvalue weighted by atomic mass is 79.9. The van der Waals surface area contributed by atoms with Gasteiger partial charge in [-0.25, -0.2) is 9.69 Å². The van der Waals surface area contributed by atoms with Crippen molar-refractivity contribution in [3.63, 3.8) is 0 Å². The Balaban J connectivity index is 1.68. The molecule has 0 radical (unpaired) electrons. The first-order chi connectivity index (χ1) is 14.7. The largest absolute Gasteiger partial charge is 0.457 e. The van der Waals surface area contributed by atoms with Gasteiger partial charge in [-0.1, -0.05) is 33.6 Å². The summed E-state index contributed by atoms with van der Waals surface area (Å²) in [5, 5.41) is 2.72. The molecule has 6 nitrogen and oxygen atoms in total. The maximum Gasteiger partial charge on any atom is 0.335 e. The number of carbonyl (C=O) groups excluding carboxylic acids is 3. The van der Waals surface area contributed by atoms with Crippen molar-refractivity contribution in [2.24, 2.45) is 0 Å². The molecule has 31 heavy (non-hydrogen) atoms. The van der Waals surface area contributed by atoms with Crippen LogP contribution < -0.4 is 10.2 Å². The summed E-state index contributed by atoms with van der Waals surface area (Å²) in [6.07, 6.45) is 1.31. The van der Waals surface area contributed by atoms with Crippen LogP contribution in [-0.2, 0) is 9.59 Å². The highest BCUT2D eigenvalue weighted by molar-refractivity contribution is 9.10. The molecule has 3 aromatic rings. The van der Waals surface area contributed by atoms with Crippen LogP contribution in [0.3, 0.4) is 0 Å². The lowest BCUT2D eigenvalue weighted by Gasteiger charge is -2.26. The van der Waals surface area contributed by atoms with Crippen molar-refractivity contribution >= 4 is 73.1 Å². The fourth-order valence-electron chi connectivity index (χ4n) is 3.04. The Labute approximate surface area is 199 Å². The zero-order chi connectivity index (χ0) is 22.3. The van der Waals surface area contributed by atoms with E-state index in [9.17, 15) is 14.4 Å². The average molecular weight is 565 g/mol. The third-order valence-corrected chi connectivity index (χ3v) is 6.74. The van der Waals surface area contributed by atoms with Gasteiger partial charge in [-0.3, -0.25) is 14.9 Å². The molecule has 0 aliphatic carbocycles. The Kier molecular flexibility index (Phi) is 5.88. The first kappa shape index (κ1) is 21.5. The Morgan fingerprint density at radius 2 is 1.74 bits per heavy atom. The van der Waals surface area contributed by atoms with Crippen LogP contribution in [0, 0.1) is 6.92 Å². The molecule has 0 unspecified atom stereocenters. The van der Waals surface area contributed by atoms with Crippen LogP contribution in [0.5, 0.6) is 0 Å². The molecule has 156 valence electrons. The number of nitrogens with one attached hydrogen (secondary N) is 1. The van der Waals surface area contributed by atoms with Gasteiger partial charge in [0.15, 0.2) is 0 Å². The van der Waals surface area contributed by atoms with E-state index in [4.69, 9.17) is 16.0 Å². The van der Waals surface area contributed by atoms with E-state index in [1.807, 2.05) is 13.0 Å². The minimum atomic E-state index is -0.807. The molecule has 0 saturated carbocycles. The Morgan fingerprint density at radius 1 is 1.00 bits per heavy atom. The summed E-state index contributed by atoms with van der Waals surface area (Å²) < 4.78 is 7.37. The van der Waals surface area contributed by atoms with Crippen LogP contribution in [0.1, 0.15) is 11.3 Å². The zero-order valence-electron chi connectivity index (χ0n) is 15.9. The van der Waals surface area contributed by atoms with E-state index < -0.39 is 17.8 Å². The smallest absolute Gasteiger partial charge is 0.335 e. The lowest BCUT2D eigenvalue weighted by atomic mass is 10.1. The molecule has 1 saturated heterocycles. The summed E-state index contributed by atoms with van der Waals surface area (Å²) in [6.45, 7) is 1.83. The summed E-state index contributed by atoms with van der Waals surface area (Å²) in [5.74, 6) is -0.722. The number of hydrogen-bond acceptors (Lipinski definition) is 4. The second-order valence-electron chi connectivity index (χ2n) is 6.72. The standard InChI is InChI=1S/C22H13Br2ClN2O4/c1-11-8-13(3-6-16(11)23)27-21(29)15(20(28)26-22(27)30)10-14-4-7-19(31-14)12-2-5-17(24)18(25)9-12/h2-10H,1H3,(H,26,28,30)/b15-10+. The van der Waals surface area contributed by atoms with E-state index in [0.29, 0.717) is 16.5 Å². The summed E-state index contributed by atoms with van der Waals surface area (Å²) in [5.41, 5.74) is 1.71. The molecule has 1 aliphatic rings. The molecular weight excluding hydrogens is 552 g/mol. The maximum atomic E-state index is 13.0. The molecule has 1 fully saturated rings. The van der Waals surface area contributed by atoms with E-state index in [0.717, 1.165) is 25.0 Å². The highest BCUT2D eigenvalue weighted by Gasteiger charge is 2.37. The molecule has 4 amide bonds. The first-order valence-corrected chi connectivity index (χ1v) is 10.9. The summed E-state index contributed by atoms with van der Waals surface area (Å²) in [7, 11) is 0. The van der Waals surface area contributed by atoms with Crippen LogP contribution in [0.15, 0.2) is 67.5 Å². The summed E-state index contributed by atoms with van der Waals surface area (Å²) >= 11 is 12.9. The molecule has 0 atom stereocenters. The van der Waals surface area contributed by atoms with Gasteiger partial charge in [-0.05, 0) is 77.0 Å². The number of hydrogen-bond donors (Lipinski definition) is 1. The minimum absolute atomic E-state index is 0.213. The summed E-state index contributed by atoms with van der Waals surface area (Å²) in [4.78, 5) is 38.6. The van der Waals surface area contributed by atoms with Gasteiger partial charge in [-0.15, -0.1) is 0 Å². The molecule has 2 heterocycles. The van der Waals surface area contributed by atoms with Crippen LogP contribution in [0.2, 0.25) is 5.02 Å². The predicted octanol–water partition coefficient (Wildman–Crippen LogP) is 6.10. The van der Waals surface area contributed by atoms with Crippen molar-refractivity contribution in [2.75, 3.05) is 4.90 Å². The first-order valence-electron chi connectivity index (χ1n) is 8.97. The quantitative estimate of drug-likeness (QED) is 0.308. The number of amides is 4.